The summed E-state index contributed by atoms with van der Waals surface area (Å²) in [6.45, 7) is 1.14. The molecule has 0 bridgehead atoms. The highest BCUT2D eigenvalue weighted by atomic mass is 35.5. The molecule has 0 saturated carbocycles. The number of urea groups is 1. The van der Waals surface area contributed by atoms with Crippen molar-refractivity contribution in [2.24, 2.45) is 0 Å². The maximum Gasteiger partial charge on any atom is 0.322 e. The number of sulfone groups is 1. The third-order valence-electron chi connectivity index (χ3n) is 5.24. The van der Waals surface area contributed by atoms with Gasteiger partial charge >= 0.3 is 6.03 Å². The SMILES string of the molecule is CS(=O)(=O)c1ccc(NC(=O)N2CCC[C@@H]2c2ncnn2Cc2ccc(Cl)cc2)cc1. The standard InChI is InChI=1S/C21H22ClN5O3S/c1-31(29,30)18-10-8-17(9-11-18)25-21(28)26-12-2-3-19(26)20-23-14-24-27(20)13-15-4-6-16(22)7-5-15/h4-11,14,19H,2-3,12-13H2,1H3,(H,25,28)/t19-/m1/s1. The van der Waals surface area contributed by atoms with Crippen LogP contribution in [0.25, 0.3) is 0 Å². The largest absolute Gasteiger partial charge is 0.322 e. The van der Waals surface area contributed by atoms with Crippen molar-refractivity contribution in [3.05, 3.63) is 71.3 Å². The Hall–Kier alpha value is -2.91. The van der Waals surface area contributed by atoms with Crippen LogP contribution in [0.5, 0.6) is 0 Å². The molecule has 1 aromatic heterocycles. The van der Waals surface area contributed by atoms with E-state index in [1.54, 1.807) is 21.7 Å². The number of aromatic nitrogens is 3. The van der Waals surface area contributed by atoms with E-state index in [0.717, 1.165) is 30.5 Å². The van der Waals surface area contributed by atoms with Gasteiger partial charge in [-0.3, -0.25) is 0 Å². The molecular formula is C21H22ClN5O3S. The van der Waals surface area contributed by atoms with Crippen LogP contribution in [-0.2, 0) is 16.4 Å². The number of halogens is 1. The lowest BCUT2D eigenvalue weighted by Crippen LogP contribution is -2.35. The Morgan fingerprint density at radius 1 is 1.16 bits per heavy atom. The average Bonchev–Trinajstić information content (AvgIpc) is 3.38. The number of anilines is 1. The molecule has 0 unspecified atom stereocenters. The third-order valence-corrected chi connectivity index (χ3v) is 6.62. The summed E-state index contributed by atoms with van der Waals surface area (Å²) in [6.07, 6.45) is 4.30. The molecule has 2 amide bonds. The number of carbonyl (C=O) groups is 1. The van der Waals surface area contributed by atoms with Gasteiger partial charge in [-0.2, -0.15) is 5.10 Å². The smallest absolute Gasteiger partial charge is 0.314 e. The highest BCUT2D eigenvalue weighted by Gasteiger charge is 2.33. The number of hydrogen-bond acceptors (Lipinski definition) is 5. The van der Waals surface area contributed by atoms with E-state index in [1.165, 1.54) is 18.5 Å². The van der Waals surface area contributed by atoms with Crippen LogP contribution in [-0.4, -0.2) is 46.9 Å². The Bertz CT molecular complexity index is 1180. The highest BCUT2D eigenvalue weighted by molar-refractivity contribution is 7.90. The minimum Gasteiger partial charge on any atom is -0.314 e. The first-order valence-corrected chi connectivity index (χ1v) is 12.1. The summed E-state index contributed by atoms with van der Waals surface area (Å²) in [7, 11) is -3.28. The van der Waals surface area contributed by atoms with E-state index in [9.17, 15) is 13.2 Å². The van der Waals surface area contributed by atoms with Gasteiger partial charge in [-0.15, -0.1) is 0 Å². The van der Waals surface area contributed by atoms with Crippen LogP contribution in [0.1, 0.15) is 30.3 Å². The summed E-state index contributed by atoms with van der Waals surface area (Å²) in [4.78, 5) is 19.3. The molecule has 0 aliphatic carbocycles. The molecule has 10 heteroatoms. The Labute approximate surface area is 185 Å². The lowest BCUT2D eigenvalue weighted by Gasteiger charge is -2.24. The Kier molecular flexibility index (Phi) is 5.97. The van der Waals surface area contributed by atoms with Crippen molar-refractivity contribution in [3.8, 4) is 0 Å². The maximum absolute atomic E-state index is 12.9. The molecule has 4 rings (SSSR count). The number of rotatable bonds is 5. The number of hydrogen-bond donors (Lipinski definition) is 1. The second kappa shape index (κ2) is 8.68. The monoisotopic (exact) mass is 459 g/mol. The van der Waals surface area contributed by atoms with Gasteiger partial charge in [0.1, 0.15) is 12.2 Å². The van der Waals surface area contributed by atoms with Crippen LogP contribution in [0, 0.1) is 0 Å². The normalized spacial score (nSPS) is 16.5. The molecule has 2 heterocycles. The fraction of sp³-hybridized carbons (Fsp3) is 0.286. The van der Waals surface area contributed by atoms with Crippen molar-refractivity contribution in [2.75, 3.05) is 18.1 Å². The van der Waals surface area contributed by atoms with Crippen molar-refractivity contribution in [3.63, 3.8) is 0 Å². The van der Waals surface area contributed by atoms with Crippen molar-refractivity contribution in [1.82, 2.24) is 19.7 Å². The zero-order valence-corrected chi connectivity index (χ0v) is 18.5. The zero-order valence-electron chi connectivity index (χ0n) is 16.9. The van der Waals surface area contributed by atoms with E-state index >= 15 is 0 Å². The van der Waals surface area contributed by atoms with E-state index in [0.29, 0.717) is 23.8 Å². The number of nitrogens with one attached hydrogen (secondary N) is 1. The summed E-state index contributed by atoms with van der Waals surface area (Å²) >= 11 is 5.96. The molecule has 0 spiro atoms. The van der Waals surface area contributed by atoms with Crippen LogP contribution < -0.4 is 5.32 Å². The van der Waals surface area contributed by atoms with E-state index < -0.39 is 9.84 Å². The first kappa shape index (κ1) is 21.3. The second-order valence-electron chi connectivity index (χ2n) is 7.48. The lowest BCUT2D eigenvalue weighted by atomic mass is 10.2. The first-order valence-electron chi connectivity index (χ1n) is 9.81. The predicted octanol–water partition coefficient (Wildman–Crippen LogP) is 3.75. The molecule has 31 heavy (non-hydrogen) atoms. The predicted molar refractivity (Wildman–Crippen MR) is 118 cm³/mol. The van der Waals surface area contributed by atoms with Gasteiger partial charge in [0, 0.05) is 23.5 Å². The molecule has 1 aliphatic heterocycles. The van der Waals surface area contributed by atoms with Crippen molar-refractivity contribution in [2.45, 2.75) is 30.3 Å². The maximum atomic E-state index is 12.9. The van der Waals surface area contributed by atoms with Crippen LogP contribution in [0.15, 0.2) is 59.8 Å². The highest BCUT2D eigenvalue weighted by Crippen LogP contribution is 2.31. The minimum absolute atomic E-state index is 0.190. The van der Waals surface area contributed by atoms with Crippen molar-refractivity contribution in [1.29, 1.82) is 0 Å². The van der Waals surface area contributed by atoms with Gasteiger partial charge in [-0.1, -0.05) is 23.7 Å². The lowest BCUT2D eigenvalue weighted by molar-refractivity contribution is 0.203. The van der Waals surface area contributed by atoms with Gasteiger partial charge in [0.05, 0.1) is 17.5 Å². The summed E-state index contributed by atoms with van der Waals surface area (Å²) in [6, 6.07) is 13.2. The van der Waals surface area contributed by atoms with Crippen molar-refractivity contribution < 1.29 is 13.2 Å². The number of carbonyl (C=O) groups excluding carboxylic acids is 1. The van der Waals surface area contributed by atoms with Gasteiger partial charge in [0.15, 0.2) is 9.84 Å². The Morgan fingerprint density at radius 3 is 2.55 bits per heavy atom. The van der Waals surface area contributed by atoms with Gasteiger partial charge in [0.25, 0.3) is 0 Å². The molecule has 1 atom stereocenters. The quantitative estimate of drug-likeness (QED) is 0.626. The summed E-state index contributed by atoms with van der Waals surface area (Å²) < 4.78 is 25.0. The number of benzene rings is 2. The van der Waals surface area contributed by atoms with Crippen molar-refractivity contribution >= 4 is 33.2 Å². The summed E-state index contributed by atoms with van der Waals surface area (Å²) in [5.74, 6) is 0.732. The summed E-state index contributed by atoms with van der Waals surface area (Å²) in [5, 5.41) is 7.87. The fourth-order valence-electron chi connectivity index (χ4n) is 3.67. The van der Waals surface area contributed by atoms with Gasteiger partial charge in [-0.05, 0) is 54.8 Å². The van der Waals surface area contributed by atoms with Gasteiger partial charge in [-0.25, -0.2) is 22.9 Å². The van der Waals surface area contributed by atoms with E-state index in [2.05, 4.69) is 15.4 Å². The van der Waals surface area contributed by atoms with Crippen LogP contribution >= 0.6 is 11.6 Å². The molecule has 1 saturated heterocycles. The van der Waals surface area contributed by atoms with Gasteiger partial charge < -0.3 is 10.2 Å². The van der Waals surface area contributed by atoms with Gasteiger partial charge in [0.2, 0.25) is 0 Å². The van der Waals surface area contributed by atoms with Crippen LogP contribution in [0.3, 0.4) is 0 Å². The first-order chi connectivity index (χ1) is 14.8. The van der Waals surface area contributed by atoms with Crippen LogP contribution in [0.2, 0.25) is 5.02 Å². The molecule has 1 aliphatic rings. The summed E-state index contributed by atoms with van der Waals surface area (Å²) in [5.41, 5.74) is 1.57. The van der Waals surface area contributed by atoms with E-state index in [4.69, 9.17) is 11.6 Å². The molecule has 2 aromatic carbocycles. The molecule has 0 radical (unpaired) electrons. The Morgan fingerprint density at radius 2 is 1.87 bits per heavy atom. The molecular weight excluding hydrogens is 438 g/mol. The number of nitrogens with zero attached hydrogens (tertiary/aromatic N) is 4. The molecule has 3 aromatic rings. The minimum atomic E-state index is -3.28. The zero-order chi connectivity index (χ0) is 22.0. The van der Waals surface area contributed by atoms with E-state index in [1.807, 2.05) is 24.3 Å². The van der Waals surface area contributed by atoms with E-state index in [-0.39, 0.29) is 17.0 Å². The average molecular weight is 460 g/mol. The molecule has 8 nitrogen and oxygen atoms in total. The second-order valence-corrected chi connectivity index (χ2v) is 9.93. The fourth-order valence-corrected chi connectivity index (χ4v) is 4.43. The molecule has 162 valence electrons. The molecule has 1 N–H and O–H groups in total. The topological polar surface area (TPSA) is 97.2 Å². The Balaban J connectivity index is 1.49. The molecule has 1 fully saturated rings. The number of amides is 2. The third kappa shape index (κ3) is 4.88. The van der Waals surface area contributed by atoms with Crippen LogP contribution in [0.4, 0.5) is 10.5 Å². The number of likely N-dealkylation sites (tertiary alicyclic amines) is 1.